The second-order valence-electron chi connectivity index (χ2n) is 2.64. The van der Waals surface area contributed by atoms with Crippen molar-refractivity contribution in [3.63, 3.8) is 0 Å². The van der Waals surface area contributed by atoms with Gasteiger partial charge in [0.15, 0.2) is 0 Å². The summed E-state index contributed by atoms with van der Waals surface area (Å²) in [6.45, 7) is 0. The Morgan fingerprint density at radius 3 is 2.85 bits per heavy atom. The standard InChI is InChI=1S/C9H5ClN2S/c10-7-2-5(4-11)1-6-3-8(12)13-9(6)7/h1-3H,12H2. The van der Waals surface area contributed by atoms with Crippen LogP contribution in [0.25, 0.3) is 10.1 Å². The van der Waals surface area contributed by atoms with E-state index in [1.165, 1.54) is 11.3 Å². The second-order valence-corrected chi connectivity index (χ2v) is 4.13. The molecule has 0 fully saturated rings. The lowest BCUT2D eigenvalue weighted by molar-refractivity contribution is 1.50. The van der Waals surface area contributed by atoms with Crippen molar-refractivity contribution in [3.8, 4) is 6.07 Å². The van der Waals surface area contributed by atoms with Crippen molar-refractivity contribution in [2.75, 3.05) is 5.73 Å². The monoisotopic (exact) mass is 208 g/mol. The van der Waals surface area contributed by atoms with Crippen molar-refractivity contribution in [1.82, 2.24) is 0 Å². The van der Waals surface area contributed by atoms with Gasteiger partial charge in [-0.2, -0.15) is 5.26 Å². The van der Waals surface area contributed by atoms with Gasteiger partial charge < -0.3 is 5.73 Å². The third-order valence-electron chi connectivity index (χ3n) is 1.72. The van der Waals surface area contributed by atoms with Crippen molar-refractivity contribution >= 4 is 38.0 Å². The van der Waals surface area contributed by atoms with Gasteiger partial charge in [0.05, 0.1) is 26.4 Å². The van der Waals surface area contributed by atoms with Gasteiger partial charge in [0.1, 0.15) is 0 Å². The zero-order chi connectivity index (χ0) is 9.42. The molecule has 0 bridgehead atoms. The normalized spacial score (nSPS) is 10.2. The molecular formula is C9H5ClN2S. The highest BCUT2D eigenvalue weighted by Gasteiger charge is 2.05. The molecule has 0 radical (unpaired) electrons. The summed E-state index contributed by atoms with van der Waals surface area (Å²) in [6, 6.07) is 7.31. The number of halogens is 1. The van der Waals surface area contributed by atoms with Crippen LogP contribution in [0.4, 0.5) is 5.00 Å². The summed E-state index contributed by atoms with van der Waals surface area (Å²) in [7, 11) is 0. The first-order valence-corrected chi connectivity index (χ1v) is 4.79. The van der Waals surface area contributed by atoms with Crippen LogP contribution in [0.1, 0.15) is 5.56 Å². The Balaban J connectivity index is 2.85. The highest BCUT2D eigenvalue weighted by Crippen LogP contribution is 2.34. The minimum atomic E-state index is 0.565. The van der Waals surface area contributed by atoms with Crippen LogP contribution in [0.3, 0.4) is 0 Å². The Labute approximate surface area is 84.2 Å². The van der Waals surface area contributed by atoms with E-state index in [1.807, 2.05) is 12.1 Å². The van der Waals surface area contributed by atoms with E-state index in [1.54, 1.807) is 12.1 Å². The van der Waals surface area contributed by atoms with Crippen LogP contribution >= 0.6 is 22.9 Å². The predicted molar refractivity (Wildman–Crippen MR) is 56.0 cm³/mol. The maximum absolute atomic E-state index is 8.69. The Hall–Kier alpha value is -1.24. The molecule has 2 nitrogen and oxygen atoms in total. The molecule has 0 aliphatic heterocycles. The van der Waals surface area contributed by atoms with E-state index in [0.717, 1.165) is 10.1 Å². The highest BCUT2D eigenvalue weighted by atomic mass is 35.5. The number of anilines is 1. The fourth-order valence-corrected chi connectivity index (χ4v) is 2.35. The van der Waals surface area contributed by atoms with E-state index in [2.05, 4.69) is 0 Å². The SMILES string of the molecule is N#Cc1cc(Cl)c2sc(N)cc2c1. The number of nitrogens with two attached hydrogens (primary N) is 1. The molecule has 0 spiro atoms. The van der Waals surface area contributed by atoms with Crippen molar-refractivity contribution in [1.29, 1.82) is 5.26 Å². The van der Waals surface area contributed by atoms with Crippen LogP contribution in [0.5, 0.6) is 0 Å². The largest absolute Gasteiger partial charge is 0.391 e. The van der Waals surface area contributed by atoms with E-state index in [9.17, 15) is 0 Å². The lowest BCUT2D eigenvalue weighted by atomic mass is 10.2. The first-order chi connectivity index (χ1) is 6.20. The molecule has 2 rings (SSSR count). The summed E-state index contributed by atoms with van der Waals surface area (Å²) in [5.41, 5.74) is 6.19. The fourth-order valence-electron chi connectivity index (χ4n) is 1.19. The average Bonchev–Trinajstić information content (AvgIpc) is 2.46. The van der Waals surface area contributed by atoms with E-state index in [-0.39, 0.29) is 0 Å². The molecular weight excluding hydrogens is 204 g/mol. The van der Waals surface area contributed by atoms with Crippen molar-refractivity contribution < 1.29 is 0 Å². The summed E-state index contributed by atoms with van der Waals surface area (Å²) in [6.07, 6.45) is 0. The van der Waals surface area contributed by atoms with E-state index < -0.39 is 0 Å². The highest BCUT2D eigenvalue weighted by molar-refractivity contribution is 7.23. The van der Waals surface area contributed by atoms with Crippen molar-refractivity contribution in [2.24, 2.45) is 0 Å². The first-order valence-electron chi connectivity index (χ1n) is 3.59. The van der Waals surface area contributed by atoms with E-state index >= 15 is 0 Å². The van der Waals surface area contributed by atoms with Crippen LogP contribution in [0, 0.1) is 11.3 Å². The summed E-state index contributed by atoms with van der Waals surface area (Å²) >= 11 is 7.39. The molecule has 1 aromatic carbocycles. The third kappa shape index (κ3) is 1.35. The van der Waals surface area contributed by atoms with Gasteiger partial charge in [-0.3, -0.25) is 0 Å². The number of fused-ring (bicyclic) bond motifs is 1. The summed E-state index contributed by atoms with van der Waals surface area (Å²) in [5, 5.41) is 10.9. The van der Waals surface area contributed by atoms with Gasteiger partial charge in [-0.1, -0.05) is 11.6 Å². The molecule has 2 N–H and O–H groups in total. The van der Waals surface area contributed by atoms with Crippen LogP contribution in [0.15, 0.2) is 18.2 Å². The second kappa shape index (κ2) is 2.91. The van der Waals surface area contributed by atoms with Crippen LogP contribution in [0.2, 0.25) is 5.02 Å². The molecule has 0 amide bonds. The molecule has 1 aromatic heterocycles. The molecule has 0 saturated carbocycles. The molecule has 0 aliphatic rings. The van der Waals surface area contributed by atoms with Crippen molar-refractivity contribution in [3.05, 3.63) is 28.8 Å². The van der Waals surface area contributed by atoms with Gasteiger partial charge in [-0.05, 0) is 23.6 Å². The number of nitrogen functional groups attached to an aromatic ring is 1. The van der Waals surface area contributed by atoms with Crippen LogP contribution in [-0.4, -0.2) is 0 Å². The number of rotatable bonds is 0. The molecule has 0 unspecified atom stereocenters. The quantitative estimate of drug-likeness (QED) is 0.724. The minimum Gasteiger partial charge on any atom is -0.391 e. The maximum Gasteiger partial charge on any atom is 0.0992 e. The maximum atomic E-state index is 8.69. The Kier molecular flexibility index (Phi) is 1.87. The molecule has 0 aliphatic carbocycles. The number of thiophene rings is 1. The molecule has 64 valence electrons. The summed E-state index contributed by atoms with van der Waals surface area (Å²) in [4.78, 5) is 0. The van der Waals surface area contributed by atoms with E-state index in [4.69, 9.17) is 22.6 Å². The zero-order valence-corrected chi connectivity index (χ0v) is 8.12. The smallest absolute Gasteiger partial charge is 0.0992 e. The minimum absolute atomic E-state index is 0.565. The number of hydrogen-bond donors (Lipinski definition) is 1. The molecule has 0 atom stereocenters. The summed E-state index contributed by atoms with van der Waals surface area (Å²) in [5.74, 6) is 0. The first kappa shape index (κ1) is 8.36. The van der Waals surface area contributed by atoms with Gasteiger partial charge >= 0.3 is 0 Å². The van der Waals surface area contributed by atoms with Crippen LogP contribution in [-0.2, 0) is 0 Å². The zero-order valence-electron chi connectivity index (χ0n) is 6.54. The van der Waals surface area contributed by atoms with Crippen LogP contribution < -0.4 is 5.73 Å². The molecule has 2 aromatic rings. The Morgan fingerprint density at radius 2 is 2.15 bits per heavy atom. The Bertz CT molecular complexity index is 510. The number of nitrogens with zero attached hydrogens (tertiary/aromatic N) is 1. The lowest BCUT2D eigenvalue weighted by Crippen LogP contribution is -1.74. The molecule has 4 heteroatoms. The number of hydrogen-bond acceptors (Lipinski definition) is 3. The molecule has 1 heterocycles. The number of nitriles is 1. The van der Waals surface area contributed by atoms with E-state index in [0.29, 0.717) is 15.6 Å². The van der Waals surface area contributed by atoms with Gasteiger partial charge in [-0.15, -0.1) is 11.3 Å². The summed E-state index contributed by atoms with van der Waals surface area (Å²) < 4.78 is 0.943. The van der Waals surface area contributed by atoms with Gasteiger partial charge in [-0.25, -0.2) is 0 Å². The number of benzene rings is 1. The van der Waals surface area contributed by atoms with Gasteiger partial charge in [0, 0.05) is 0 Å². The van der Waals surface area contributed by atoms with Gasteiger partial charge in [0.25, 0.3) is 0 Å². The Morgan fingerprint density at radius 1 is 1.38 bits per heavy atom. The third-order valence-corrected chi connectivity index (χ3v) is 3.14. The lowest BCUT2D eigenvalue weighted by Gasteiger charge is -1.93. The predicted octanol–water partition coefficient (Wildman–Crippen LogP) is 3.01. The van der Waals surface area contributed by atoms with Crippen molar-refractivity contribution in [2.45, 2.75) is 0 Å². The molecule has 13 heavy (non-hydrogen) atoms. The molecule has 0 saturated heterocycles. The van der Waals surface area contributed by atoms with Gasteiger partial charge in [0.2, 0.25) is 0 Å². The topological polar surface area (TPSA) is 49.8 Å². The fraction of sp³-hybridized carbons (Fsp3) is 0. The average molecular weight is 209 g/mol.